The standard InChI is InChI=1S/C3H2F4O6S2/c4-2(5)3(6,7)13-15(10,11)1-14(8,9)12-2/h1H2. The molecule has 1 heterocycles. The summed E-state index contributed by atoms with van der Waals surface area (Å²) in [7, 11) is -10.7. The molecule has 0 spiro atoms. The minimum absolute atomic E-state index is 2.11. The third-order valence-corrected chi connectivity index (χ3v) is 4.33. The zero-order valence-corrected chi connectivity index (χ0v) is 8.12. The largest absolute Gasteiger partial charge is 0.463 e. The van der Waals surface area contributed by atoms with Gasteiger partial charge in [-0.3, -0.25) is 0 Å². The van der Waals surface area contributed by atoms with Gasteiger partial charge in [-0.1, -0.05) is 0 Å². The summed E-state index contributed by atoms with van der Waals surface area (Å²) in [5.74, 6) is 0. The quantitative estimate of drug-likeness (QED) is 0.450. The molecule has 1 fully saturated rings. The molecule has 0 aromatic carbocycles. The van der Waals surface area contributed by atoms with Crippen LogP contribution >= 0.6 is 0 Å². The van der Waals surface area contributed by atoms with Crippen LogP contribution in [0.4, 0.5) is 17.6 Å². The van der Waals surface area contributed by atoms with Gasteiger partial charge >= 0.3 is 12.2 Å². The van der Waals surface area contributed by atoms with Crippen LogP contribution in [0, 0.1) is 0 Å². The molecule has 1 rings (SSSR count). The molecule has 1 aliphatic rings. The first kappa shape index (κ1) is 12.6. The molecule has 0 amide bonds. The van der Waals surface area contributed by atoms with Crippen LogP contribution in [-0.4, -0.2) is 34.1 Å². The highest BCUT2D eigenvalue weighted by molar-refractivity contribution is 8.03. The second-order valence-corrected chi connectivity index (χ2v) is 5.94. The molecule has 1 aliphatic heterocycles. The predicted octanol–water partition coefficient (Wildman–Crippen LogP) is -0.164. The van der Waals surface area contributed by atoms with Gasteiger partial charge in [-0.05, 0) is 0 Å². The number of hydrogen-bond acceptors (Lipinski definition) is 6. The van der Waals surface area contributed by atoms with Gasteiger partial charge in [-0.25, -0.2) is 0 Å². The normalized spacial score (nSPS) is 31.7. The lowest BCUT2D eigenvalue weighted by Gasteiger charge is -2.19. The van der Waals surface area contributed by atoms with Gasteiger partial charge < -0.3 is 0 Å². The van der Waals surface area contributed by atoms with Crippen molar-refractivity contribution in [2.45, 2.75) is 12.2 Å². The van der Waals surface area contributed by atoms with Crippen LogP contribution < -0.4 is 0 Å². The van der Waals surface area contributed by atoms with E-state index in [2.05, 4.69) is 8.37 Å². The van der Waals surface area contributed by atoms with Gasteiger partial charge in [-0.2, -0.15) is 42.8 Å². The number of halogens is 4. The van der Waals surface area contributed by atoms with Gasteiger partial charge in [0.1, 0.15) is 0 Å². The van der Waals surface area contributed by atoms with Crippen LogP contribution in [0.5, 0.6) is 0 Å². The molecule has 0 aromatic rings. The van der Waals surface area contributed by atoms with Crippen LogP contribution in [-0.2, 0) is 28.6 Å². The average Bonchev–Trinajstić information content (AvgIpc) is 1.77. The lowest BCUT2D eigenvalue weighted by atomic mass is 10.6. The minimum Gasteiger partial charge on any atom is -0.198 e. The van der Waals surface area contributed by atoms with Crippen molar-refractivity contribution in [2.24, 2.45) is 0 Å². The van der Waals surface area contributed by atoms with Gasteiger partial charge in [0.05, 0.1) is 0 Å². The molecule has 15 heavy (non-hydrogen) atoms. The maximum atomic E-state index is 12.3. The minimum atomic E-state index is -5.57. The molecule has 1 saturated heterocycles. The lowest BCUT2D eigenvalue weighted by molar-refractivity contribution is -0.375. The molecule has 0 aromatic heterocycles. The fourth-order valence-corrected chi connectivity index (χ4v) is 3.27. The second kappa shape index (κ2) is 3.02. The molecule has 0 radical (unpaired) electrons. The van der Waals surface area contributed by atoms with Gasteiger partial charge in [0, 0.05) is 0 Å². The Hall–Kier alpha value is -0.460. The Morgan fingerprint density at radius 3 is 1.33 bits per heavy atom. The van der Waals surface area contributed by atoms with E-state index in [4.69, 9.17) is 0 Å². The van der Waals surface area contributed by atoms with Crippen molar-refractivity contribution < 1.29 is 42.8 Å². The summed E-state index contributed by atoms with van der Waals surface area (Å²) in [6.07, 6.45) is -11.1. The summed E-state index contributed by atoms with van der Waals surface area (Å²) in [6, 6.07) is 0. The van der Waals surface area contributed by atoms with Crippen LogP contribution in [0.2, 0.25) is 0 Å². The summed E-state index contributed by atoms with van der Waals surface area (Å²) in [5, 5.41) is -2.11. The first-order valence-electron chi connectivity index (χ1n) is 2.99. The summed E-state index contributed by atoms with van der Waals surface area (Å²) < 4.78 is 96.8. The van der Waals surface area contributed by atoms with E-state index in [0.29, 0.717) is 0 Å². The van der Waals surface area contributed by atoms with Crippen LogP contribution in [0.3, 0.4) is 0 Å². The number of hydrogen-bond donors (Lipinski definition) is 0. The first-order valence-corrected chi connectivity index (χ1v) is 6.15. The summed E-state index contributed by atoms with van der Waals surface area (Å²) in [5.41, 5.74) is 0. The molecule has 0 N–H and O–H groups in total. The van der Waals surface area contributed by atoms with E-state index in [0.717, 1.165) is 0 Å². The average molecular weight is 274 g/mol. The Labute approximate surface area is 81.0 Å². The van der Waals surface area contributed by atoms with Crippen molar-refractivity contribution >= 4 is 20.2 Å². The van der Waals surface area contributed by atoms with Crippen LogP contribution in [0.25, 0.3) is 0 Å². The van der Waals surface area contributed by atoms with E-state index in [1.807, 2.05) is 0 Å². The monoisotopic (exact) mass is 274 g/mol. The van der Waals surface area contributed by atoms with Crippen LogP contribution in [0.15, 0.2) is 0 Å². The summed E-state index contributed by atoms with van der Waals surface area (Å²) >= 11 is 0. The van der Waals surface area contributed by atoms with Crippen molar-refractivity contribution in [1.29, 1.82) is 0 Å². The zero-order valence-electron chi connectivity index (χ0n) is 6.48. The molecule has 12 heteroatoms. The SMILES string of the molecule is O=S1(=O)CS(=O)(=O)OC(F)(F)C(F)(F)O1. The molecule has 0 aliphatic carbocycles. The van der Waals surface area contributed by atoms with Gasteiger partial charge in [0.25, 0.3) is 20.2 Å². The maximum absolute atomic E-state index is 12.3. The van der Waals surface area contributed by atoms with Crippen molar-refractivity contribution in [1.82, 2.24) is 0 Å². The molecule has 0 atom stereocenters. The third kappa shape index (κ3) is 2.56. The smallest absolute Gasteiger partial charge is 0.198 e. The molecule has 0 saturated carbocycles. The van der Waals surface area contributed by atoms with Gasteiger partial charge in [-0.15, -0.1) is 0 Å². The van der Waals surface area contributed by atoms with Crippen molar-refractivity contribution in [2.75, 3.05) is 5.08 Å². The highest BCUT2D eigenvalue weighted by Crippen LogP contribution is 2.41. The van der Waals surface area contributed by atoms with Gasteiger partial charge in [0.15, 0.2) is 0 Å². The lowest BCUT2D eigenvalue weighted by Crippen LogP contribution is -2.44. The van der Waals surface area contributed by atoms with E-state index < -0.39 is 37.5 Å². The molecule has 0 unspecified atom stereocenters. The number of rotatable bonds is 0. The fourth-order valence-electron chi connectivity index (χ4n) is 0.641. The maximum Gasteiger partial charge on any atom is 0.463 e. The molecular formula is C3H2F4O6S2. The Bertz CT molecular complexity index is 419. The van der Waals surface area contributed by atoms with Crippen molar-refractivity contribution in [3.63, 3.8) is 0 Å². The van der Waals surface area contributed by atoms with E-state index in [1.165, 1.54) is 0 Å². The highest BCUT2D eigenvalue weighted by atomic mass is 32.3. The van der Waals surface area contributed by atoms with E-state index >= 15 is 0 Å². The van der Waals surface area contributed by atoms with Gasteiger partial charge in [0.2, 0.25) is 5.08 Å². The second-order valence-electron chi connectivity index (χ2n) is 2.43. The van der Waals surface area contributed by atoms with Crippen molar-refractivity contribution in [3.8, 4) is 0 Å². The zero-order chi connectivity index (χ0) is 12.1. The summed E-state index contributed by atoms with van der Waals surface area (Å²) in [6.45, 7) is 0. The Kier molecular flexibility index (Phi) is 2.54. The van der Waals surface area contributed by atoms with E-state index in [1.54, 1.807) is 0 Å². The molecule has 90 valence electrons. The van der Waals surface area contributed by atoms with Crippen LogP contribution in [0.1, 0.15) is 0 Å². The summed E-state index contributed by atoms with van der Waals surface area (Å²) in [4.78, 5) is 0. The van der Waals surface area contributed by atoms with Crippen molar-refractivity contribution in [3.05, 3.63) is 0 Å². The highest BCUT2D eigenvalue weighted by Gasteiger charge is 2.67. The number of alkyl halides is 4. The fraction of sp³-hybridized carbons (Fsp3) is 1.00. The molecule has 0 bridgehead atoms. The Morgan fingerprint density at radius 2 is 1.07 bits per heavy atom. The van der Waals surface area contributed by atoms with E-state index in [9.17, 15) is 34.4 Å². The van der Waals surface area contributed by atoms with E-state index in [-0.39, 0.29) is 0 Å². The molecule has 6 nitrogen and oxygen atoms in total. The Morgan fingerprint density at radius 1 is 0.800 bits per heavy atom. The first-order chi connectivity index (χ1) is 6.37. The Balaban J connectivity index is 3.35. The molecular weight excluding hydrogens is 272 g/mol. The predicted molar refractivity (Wildman–Crippen MR) is 34.8 cm³/mol. The topological polar surface area (TPSA) is 86.7 Å². The third-order valence-electron chi connectivity index (χ3n) is 1.09.